The van der Waals surface area contributed by atoms with Gasteiger partial charge in [-0.05, 0) is 62.2 Å². The van der Waals surface area contributed by atoms with Gasteiger partial charge in [0.15, 0.2) is 11.5 Å². The fourth-order valence-corrected chi connectivity index (χ4v) is 5.40. The second-order valence-electron chi connectivity index (χ2n) is 8.97. The number of carbonyl (C=O) groups is 2. The van der Waals surface area contributed by atoms with E-state index in [1.807, 2.05) is 13.8 Å². The van der Waals surface area contributed by atoms with E-state index in [4.69, 9.17) is 14.2 Å². The third-order valence-electron chi connectivity index (χ3n) is 6.28. The summed E-state index contributed by atoms with van der Waals surface area (Å²) in [6, 6.07) is 9.46. The lowest BCUT2D eigenvalue weighted by Crippen LogP contribution is -2.29. The van der Waals surface area contributed by atoms with Gasteiger partial charge >= 0.3 is 5.91 Å². The molecule has 2 unspecified atom stereocenters. The fraction of sp³-hybridized carbons (Fsp3) is 0.286. The van der Waals surface area contributed by atoms with Gasteiger partial charge in [0.25, 0.3) is 5.78 Å². The van der Waals surface area contributed by atoms with Crippen molar-refractivity contribution in [3.8, 4) is 17.2 Å². The maximum absolute atomic E-state index is 13.5. The minimum Gasteiger partial charge on any atom is -0.507 e. The van der Waals surface area contributed by atoms with Crippen LogP contribution >= 0.6 is 11.3 Å². The molecule has 2 aromatic carbocycles. The number of Topliss-reactive ketones (excluding diaryl/α,β-unsaturated/α-hetero) is 1. The maximum atomic E-state index is 13.5. The van der Waals surface area contributed by atoms with Crippen molar-refractivity contribution in [2.24, 2.45) is 0 Å². The number of aromatic nitrogens is 2. The summed E-state index contributed by atoms with van der Waals surface area (Å²) in [4.78, 5) is 28.1. The molecule has 3 aromatic rings. The molecule has 38 heavy (non-hydrogen) atoms. The van der Waals surface area contributed by atoms with Crippen LogP contribution in [-0.4, -0.2) is 46.3 Å². The highest BCUT2D eigenvalue weighted by molar-refractivity contribution is 7.15. The molecule has 1 saturated heterocycles. The first-order valence-electron chi connectivity index (χ1n) is 12.2. The fourth-order valence-electron chi connectivity index (χ4n) is 4.68. The summed E-state index contributed by atoms with van der Waals surface area (Å²) >= 11 is 1.19. The van der Waals surface area contributed by atoms with Crippen LogP contribution in [0.5, 0.6) is 17.2 Å². The Balaban J connectivity index is 1.67. The highest BCUT2D eigenvalue weighted by Crippen LogP contribution is 2.45. The molecule has 196 valence electrons. The number of nitrogens with zero attached hydrogens (tertiary/aromatic N) is 3. The van der Waals surface area contributed by atoms with Crippen LogP contribution in [0.4, 0.5) is 5.13 Å². The molecule has 2 atom stereocenters. The summed E-state index contributed by atoms with van der Waals surface area (Å²) in [7, 11) is 0. The predicted molar refractivity (Wildman–Crippen MR) is 143 cm³/mol. The molecule has 1 aromatic heterocycles. The van der Waals surface area contributed by atoms with Gasteiger partial charge in [0.05, 0.1) is 18.2 Å². The second kappa shape index (κ2) is 10.3. The van der Waals surface area contributed by atoms with E-state index in [1.54, 1.807) is 49.4 Å². The number of fused-ring (bicyclic) bond motifs is 1. The van der Waals surface area contributed by atoms with E-state index in [0.29, 0.717) is 40.7 Å². The minimum absolute atomic E-state index is 0.0208. The number of benzene rings is 2. The first kappa shape index (κ1) is 25.5. The van der Waals surface area contributed by atoms with Gasteiger partial charge in [-0.3, -0.25) is 14.5 Å². The number of aliphatic hydroxyl groups is 1. The molecule has 2 aliphatic heterocycles. The molecule has 1 amide bonds. The molecule has 1 N–H and O–H groups in total. The Morgan fingerprint density at radius 1 is 1.21 bits per heavy atom. The quantitative estimate of drug-likeness (QED) is 0.191. The van der Waals surface area contributed by atoms with Gasteiger partial charge in [0.2, 0.25) is 5.13 Å². The lowest BCUT2D eigenvalue weighted by Gasteiger charge is -2.23. The van der Waals surface area contributed by atoms with Crippen molar-refractivity contribution in [3.05, 3.63) is 76.3 Å². The molecule has 0 bridgehead atoms. The average molecular weight is 534 g/mol. The first-order valence-corrected chi connectivity index (χ1v) is 13.1. The lowest BCUT2D eigenvalue weighted by molar-refractivity contribution is -0.132. The molecule has 0 saturated carbocycles. The standard InChI is InChI=1S/C28H27N3O6S/c1-5-11-36-21-10-7-17(14-22(21)35-6-2)24-23(26(33)27(34)31(24)28-30-29-16(4)38-28)25(32)18-8-9-20-19(13-18)12-15(3)37-20/h5,7-10,13-15,24,32H,1,6,11-12H2,2-4H3. The van der Waals surface area contributed by atoms with Crippen LogP contribution in [-0.2, 0) is 16.0 Å². The number of rotatable bonds is 8. The number of carbonyl (C=O) groups excluding carboxylic acids is 2. The monoisotopic (exact) mass is 533 g/mol. The van der Waals surface area contributed by atoms with Gasteiger partial charge in [0, 0.05) is 12.0 Å². The van der Waals surface area contributed by atoms with Crippen LogP contribution in [0.3, 0.4) is 0 Å². The van der Waals surface area contributed by atoms with Gasteiger partial charge in [-0.25, -0.2) is 0 Å². The highest BCUT2D eigenvalue weighted by Gasteiger charge is 2.48. The smallest absolute Gasteiger partial charge is 0.301 e. The van der Waals surface area contributed by atoms with Crippen molar-refractivity contribution < 1.29 is 28.9 Å². The van der Waals surface area contributed by atoms with Crippen molar-refractivity contribution in [2.45, 2.75) is 39.3 Å². The lowest BCUT2D eigenvalue weighted by atomic mass is 9.94. The summed E-state index contributed by atoms with van der Waals surface area (Å²) in [5, 5.41) is 20.6. The molecule has 3 heterocycles. The summed E-state index contributed by atoms with van der Waals surface area (Å²) < 4.78 is 17.3. The summed E-state index contributed by atoms with van der Waals surface area (Å²) in [6.45, 7) is 9.91. The zero-order valence-corrected chi connectivity index (χ0v) is 22.1. The molecule has 9 nitrogen and oxygen atoms in total. The Labute approximate surface area is 224 Å². The van der Waals surface area contributed by atoms with Crippen molar-refractivity contribution in [1.29, 1.82) is 0 Å². The number of aryl methyl sites for hydroxylation is 1. The van der Waals surface area contributed by atoms with E-state index in [9.17, 15) is 14.7 Å². The largest absolute Gasteiger partial charge is 0.507 e. The molecule has 5 rings (SSSR count). The third-order valence-corrected chi connectivity index (χ3v) is 7.11. The maximum Gasteiger partial charge on any atom is 0.301 e. The molecular weight excluding hydrogens is 506 g/mol. The van der Waals surface area contributed by atoms with Crippen molar-refractivity contribution in [3.63, 3.8) is 0 Å². The summed E-state index contributed by atoms with van der Waals surface area (Å²) in [5.74, 6) is -0.205. The Hall–Kier alpha value is -4.18. The average Bonchev–Trinajstić information content (AvgIpc) is 3.57. The Bertz CT molecular complexity index is 1460. The second-order valence-corrected chi connectivity index (χ2v) is 10.1. The number of anilines is 1. The van der Waals surface area contributed by atoms with E-state index in [-0.39, 0.29) is 29.2 Å². The molecule has 0 aliphatic carbocycles. The van der Waals surface area contributed by atoms with Gasteiger partial charge in [-0.1, -0.05) is 30.1 Å². The van der Waals surface area contributed by atoms with E-state index in [0.717, 1.165) is 11.3 Å². The molecule has 0 radical (unpaired) electrons. The van der Waals surface area contributed by atoms with Gasteiger partial charge in [0.1, 0.15) is 29.2 Å². The topological polar surface area (TPSA) is 111 Å². The molecule has 10 heteroatoms. The number of amides is 1. The zero-order valence-electron chi connectivity index (χ0n) is 21.3. The van der Waals surface area contributed by atoms with Crippen LogP contribution in [0, 0.1) is 6.92 Å². The van der Waals surface area contributed by atoms with Crippen LogP contribution in [0.15, 0.2) is 54.6 Å². The Morgan fingerprint density at radius 2 is 2.03 bits per heavy atom. The predicted octanol–water partition coefficient (Wildman–Crippen LogP) is 4.76. The number of ketones is 1. The van der Waals surface area contributed by atoms with Gasteiger partial charge < -0.3 is 19.3 Å². The number of hydrogen-bond donors (Lipinski definition) is 1. The number of ether oxygens (including phenoxy) is 3. The summed E-state index contributed by atoms with van der Waals surface area (Å²) in [5.41, 5.74) is 1.85. The van der Waals surface area contributed by atoms with Gasteiger partial charge in [-0.2, -0.15) is 0 Å². The van der Waals surface area contributed by atoms with Crippen molar-refractivity contribution in [2.75, 3.05) is 18.1 Å². The van der Waals surface area contributed by atoms with Crippen LogP contribution < -0.4 is 19.1 Å². The van der Waals surface area contributed by atoms with Crippen molar-refractivity contribution in [1.82, 2.24) is 10.2 Å². The molecule has 2 aliphatic rings. The zero-order chi connectivity index (χ0) is 27.0. The molecular formula is C28H27N3O6S. The Morgan fingerprint density at radius 3 is 2.74 bits per heavy atom. The SMILES string of the molecule is C=CCOc1ccc(C2C(=C(O)c3ccc4c(c3)CC(C)O4)C(=O)C(=O)N2c2nnc(C)s2)cc1OCC. The number of aliphatic hydroxyl groups excluding tert-OH is 1. The Kier molecular flexibility index (Phi) is 6.90. The molecule has 1 fully saturated rings. The van der Waals surface area contributed by atoms with E-state index in [2.05, 4.69) is 16.8 Å². The van der Waals surface area contributed by atoms with Crippen molar-refractivity contribution >= 4 is 33.9 Å². The van der Waals surface area contributed by atoms with Crippen LogP contribution in [0.25, 0.3) is 5.76 Å². The van der Waals surface area contributed by atoms with E-state index >= 15 is 0 Å². The van der Waals surface area contributed by atoms with E-state index < -0.39 is 17.7 Å². The molecule has 0 spiro atoms. The first-order chi connectivity index (χ1) is 18.3. The minimum atomic E-state index is -0.960. The van der Waals surface area contributed by atoms with E-state index in [1.165, 1.54) is 16.2 Å². The van der Waals surface area contributed by atoms with Crippen LogP contribution in [0.2, 0.25) is 0 Å². The third kappa shape index (κ3) is 4.51. The van der Waals surface area contributed by atoms with Crippen LogP contribution in [0.1, 0.15) is 41.6 Å². The van der Waals surface area contributed by atoms with Gasteiger partial charge in [-0.15, -0.1) is 10.2 Å². The highest BCUT2D eigenvalue weighted by atomic mass is 32.1. The summed E-state index contributed by atoms with van der Waals surface area (Å²) in [6.07, 6.45) is 2.33. The normalized spacial score (nSPS) is 19.8. The number of hydrogen-bond acceptors (Lipinski definition) is 9.